The van der Waals surface area contributed by atoms with E-state index in [2.05, 4.69) is 30.4 Å². The lowest BCUT2D eigenvalue weighted by Crippen LogP contribution is -2.30. The highest BCUT2D eigenvalue weighted by atomic mass is 35.5. The number of piperidine rings is 1. The quantitative estimate of drug-likeness (QED) is 0.325. The number of halogens is 4. The summed E-state index contributed by atoms with van der Waals surface area (Å²) in [5.41, 5.74) is 0.175. The number of carbonyl (C=O) groups is 2. The molecule has 6 rings (SSSR count). The first-order valence-electron chi connectivity index (χ1n) is 12.7. The number of nitrogens with one attached hydrogen (secondary N) is 1. The predicted octanol–water partition coefficient (Wildman–Crippen LogP) is 5.01. The Morgan fingerprint density at radius 1 is 1.15 bits per heavy atom. The molecule has 0 bridgehead atoms. The molecular formula is C27H22ClF3N8O2. The van der Waals surface area contributed by atoms with Crippen LogP contribution in [0.25, 0.3) is 11.3 Å². The summed E-state index contributed by atoms with van der Waals surface area (Å²) in [6.07, 6.45) is 4.85. The van der Waals surface area contributed by atoms with Crippen molar-refractivity contribution in [1.82, 2.24) is 29.7 Å². The molecule has 1 aromatic carbocycles. The van der Waals surface area contributed by atoms with Gasteiger partial charge in [-0.2, -0.15) is 5.10 Å². The highest BCUT2D eigenvalue weighted by Gasteiger charge is 2.53. The first-order valence-corrected chi connectivity index (χ1v) is 13.1. The van der Waals surface area contributed by atoms with E-state index >= 15 is 0 Å². The molecule has 14 heteroatoms. The summed E-state index contributed by atoms with van der Waals surface area (Å²) in [5.74, 6) is -0.802. The molecule has 1 saturated carbocycles. The normalized spacial score (nSPS) is 18.5. The number of hydrogen-bond acceptors (Lipinski definition) is 7. The second-order valence-electron chi connectivity index (χ2n) is 10.0. The minimum atomic E-state index is -3.00. The van der Waals surface area contributed by atoms with Crippen LogP contribution in [0.3, 0.4) is 0 Å². The van der Waals surface area contributed by atoms with Gasteiger partial charge in [0.05, 0.1) is 41.0 Å². The van der Waals surface area contributed by atoms with Crippen molar-refractivity contribution in [2.75, 3.05) is 16.8 Å². The van der Waals surface area contributed by atoms with Gasteiger partial charge in [-0.15, -0.1) is 0 Å². The summed E-state index contributed by atoms with van der Waals surface area (Å²) < 4.78 is 43.4. The molecule has 4 heterocycles. The van der Waals surface area contributed by atoms with Crippen molar-refractivity contribution >= 4 is 35.1 Å². The van der Waals surface area contributed by atoms with Crippen LogP contribution in [-0.4, -0.2) is 48.1 Å². The van der Waals surface area contributed by atoms with E-state index in [1.165, 1.54) is 6.20 Å². The maximum atomic E-state index is 14.7. The summed E-state index contributed by atoms with van der Waals surface area (Å²) in [6.45, 7) is 4.36. The number of amides is 2. The molecule has 3 atom stereocenters. The fraction of sp³-hybridized carbons (Fsp3) is 0.296. The van der Waals surface area contributed by atoms with Crippen LogP contribution >= 0.6 is 11.6 Å². The van der Waals surface area contributed by atoms with Gasteiger partial charge in [-0.05, 0) is 32.3 Å². The van der Waals surface area contributed by atoms with Crippen LogP contribution in [0.1, 0.15) is 53.1 Å². The van der Waals surface area contributed by atoms with Crippen molar-refractivity contribution in [2.24, 2.45) is 11.8 Å². The molecule has 2 fully saturated rings. The van der Waals surface area contributed by atoms with E-state index in [0.717, 1.165) is 36.5 Å². The second kappa shape index (κ2) is 10.2. The lowest BCUT2D eigenvalue weighted by molar-refractivity contribution is -0.118. The van der Waals surface area contributed by atoms with Crippen molar-refractivity contribution in [3.05, 3.63) is 76.5 Å². The number of benzene rings is 1. The summed E-state index contributed by atoms with van der Waals surface area (Å²) in [4.78, 5) is 43.9. The Morgan fingerprint density at radius 2 is 1.95 bits per heavy atom. The van der Waals surface area contributed by atoms with Gasteiger partial charge >= 0.3 is 0 Å². The van der Waals surface area contributed by atoms with Gasteiger partial charge < -0.3 is 5.32 Å². The number of fused-ring (bicyclic) bond motifs is 1. The van der Waals surface area contributed by atoms with Crippen LogP contribution in [0.15, 0.2) is 43.1 Å². The Labute approximate surface area is 236 Å². The number of carbonyl (C=O) groups excluding carboxylic acids is 2. The molecule has 2 aliphatic rings. The van der Waals surface area contributed by atoms with Gasteiger partial charge in [-0.3, -0.25) is 24.2 Å². The minimum Gasteiger partial charge on any atom is -0.318 e. The Morgan fingerprint density at radius 3 is 2.66 bits per heavy atom. The fourth-order valence-electron chi connectivity index (χ4n) is 5.02. The first kappa shape index (κ1) is 26.8. The summed E-state index contributed by atoms with van der Waals surface area (Å²) in [7, 11) is 0. The minimum absolute atomic E-state index is 0.0741. The van der Waals surface area contributed by atoms with Crippen molar-refractivity contribution in [3.63, 3.8) is 0 Å². The highest BCUT2D eigenvalue weighted by Crippen LogP contribution is 2.46. The molecule has 4 aromatic rings. The lowest BCUT2D eigenvalue weighted by atomic mass is 10.0. The van der Waals surface area contributed by atoms with E-state index < -0.39 is 29.3 Å². The molecular weight excluding hydrogens is 561 g/mol. The third-order valence-corrected chi connectivity index (χ3v) is 7.65. The molecule has 0 spiro atoms. The zero-order chi connectivity index (χ0) is 29.0. The third-order valence-electron chi connectivity index (χ3n) is 7.36. The van der Waals surface area contributed by atoms with Crippen LogP contribution in [0.5, 0.6) is 0 Å². The number of hydrogen-bond donors (Lipinski definition) is 1. The Hall–Kier alpha value is -4.39. The van der Waals surface area contributed by atoms with Crippen LogP contribution in [0.2, 0.25) is 5.02 Å². The van der Waals surface area contributed by atoms with Gasteiger partial charge in [0, 0.05) is 47.2 Å². The molecule has 41 heavy (non-hydrogen) atoms. The van der Waals surface area contributed by atoms with Crippen molar-refractivity contribution in [1.29, 1.82) is 0 Å². The number of nitrogens with zero attached hydrogens (tertiary/aromatic N) is 7. The zero-order valence-electron chi connectivity index (χ0n) is 21.7. The molecule has 1 N–H and O–H groups in total. The molecule has 1 aliphatic carbocycles. The number of aromatic nitrogens is 6. The molecule has 3 aromatic heterocycles. The van der Waals surface area contributed by atoms with Gasteiger partial charge in [0.2, 0.25) is 11.9 Å². The maximum absolute atomic E-state index is 14.7. The number of aryl methyl sites for hydroxylation is 1. The van der Waals surface area contributed by atoms with Crippen LogP contribution in [0, 0.1) is 24.6 Å². The topological polar surface area (TPSA) is 119 Å². The van der Waals surface area contributed by atoms with E-state index in [1.807, 2.05) is 13.8 Å². The van der Waals surface area contributed by atoms with E-state index in [0.29, 0.717) is 29.8 Å². The summed E-state index contributed by atoms with van der Waals surface area (Å²) in [5, 5.41) is 6.59. The van der Waals surface area contributed by atoms with Crippen LogP contribution in [0.4, 0.5) is 24.8 Å². The maximum Gasteiger partial charge on any atom is 0.275 e. The number of anilines is 2. The highest BCUT2D eigenvalue weighted by molar-refractivity contribution is 6.31. The molecule has 1 aliphatic heterocycles. The largest absolute Gasteiger partial charge is 0.318 e. The van der Waals surface area contributed by atoms with Crippen molar-refractivity contribution in [3.8, 4) is 11.3 Å². The zero-order valence-corrected chi connectivity index (χ0v) is 22.5. The smallest absolute Gasteiger partial charge is 0.275 e. The third kappa shape index (κ3) is 4.90. The average molecular weight is 583 g/mol. The molecule has 10 nitrogen and oxygen atoms in total. The SMILES string of the molecule is Cc1nc(N2C[C@H]3C[C@H]3C2=O)ncc1[C@H](C)n1cc(NC(=O)c2cncc(-c3c(C(F)F)ccc(Cl)c3F)n2)cn1. The number of alkyl halides is 2. The van der Waals surface area contributed by atoms with Gasteiger partial charge in [0.1, 0.15) is 5.69 Å². The molecule has 2 amide bonds. The van der Waals surface area contributed by atoms with Gasteiger partial charge in [-0.25, -0.2) is 28.1 Å². The Balaban J connectivity index is 1.18. The molecule has 210 valence electrons. The van der Waals surface area contributed by atoms with E-state index in [1.54, 1.807) is 22.0 Å². The molecule has 1 saturated heterocycles. The monoisotopic (exact) mass is 582 g/mol. The Kier molecular flexibility index (Phi) is 6.68. The van der Waals surface area contributed by atoms with E-state index in [9.17, 15) is 22.8 Å². The molecule has 0 unspecified atom stereocenters. The average Bonchev–Trinajstić information content (AvgIpc) is 3.45. The lowest BCUT2D eigenvalue weighted by Gasteiger charge is -2.19. The summed E-state index contributed by atoms with van der Waals surface area (Å²) >= 11 is 5.80. The number of rotatable bonds is 7. The predicted molar refractivity (Wildman–Crippen MR) is 142 cm³/mol. The van der Waals surface area contributed by atoms with E-state index in [4.69, 9.17) is 11.6 Å². The van der Waals surface area contributed by atoms with E-state index in [-0.39, 0.29) is 34.3 Å². The van der Waals surface area contributed by atoms with Gasteiger partial charge in [-0.1, -0.05) is 17.7 Å². The van der Waals surface area contributed by atoms with Gasteiger partial charge in [0.15, 0.2) is 5.82 Å². The standard InChI is InChI=1S/C27H22ClF3N8O2/c1-12-18(7-33-27(35-12)38-10-14-5-17(14)26(38)41)13(2)39-11-15(6-34-39)36-25(40)21-9-32-8-20(37-21)22-16(24(30)31)3-4-19(28)23(22)29/h3-4,6-9,11,13-14,17,24H,5,10H2,1-2H3,(H,36,40)/t13-,14+,17+/m0/s1. The fourth-order valence-corrected chi connectivity index (χ4v) is 5.17. The van der Waals surface area contributed by atoms with Crippen molar-refractivity contribution in [2.45, 2.75) is 32.7 Å². The first-order chi connectivity index (χ1) is 19.6. The molecule has 0 radical (unpaired) electrons. The van der Waals surface area contributed by atoms with Crippen LogP contribution < -0.4 is 10.2 Å². The second-order valence-corrected chi connectivity index (χ2v) is 10.4. The van der Waals surface area contributed by atoms with Gasteiger partial charge in [0.25, 0.3) is 12.3 Å². The van der Waals surface area contributed by atoms with Crippen LogP contribution in [-0.2, 0) is 4.79 Å². The summed E-state index contributed by atoms with van der Waals surface area (Å²) in [6, 6.07) is 1.73. The van der Waals surface area contributed by atoms with Crippen molar-refractivity contribution < 1.29 is 22.8 Å². The Bertz CT molecular complexity index is 1700.